The molecule has 1 aromatic rings. The zero-order valence-electron chi connectivity index (χ0n) is 9.03. The molecule has 0 saturated heterocycles. The zero-order chi connectivity index (χ0) is 11.6. The molecule has 0 bridgehead atoms. The molecule has 2 nitrogen and oxygen atoms in total. The van der Waals surface area contributed by atoms with Crippen LogP contribution in [0.15, 0.2) is 29.2 Å². The number of hydrogen-bond donors (Lipinski definition) is 2. The lowest BCUT2D eigenvalue weighted by Gasteiger charge is -2.20. The lowest BCUT2D eigenvalue weighted by Crippen LogP contribution is -2.40. The largest absolute Gasteiger partial charge is 0.394 e. The van der Waals surface area contributed by atoms with Gasteiger partial charge in [0, 0.05) is 20.7 Å². The molecule has 0 aliphatic heterocycles. The van der Waals surface area contributed by atoms with Crippen LogP contribution in [0.5, 0.6) is 0 Å². The van der Waals surface area contributed by atoms with Crippen LogP contribution in [0.3, 0.4) is 0 Å². The smallest absolute Gasteiger partial charge is 0.0611 e. The number of hydrogen-bond acceptors (Lipinski definition) is 3. The van der Waals surface area contributed by atoms with Crippen molar-refractivity contribution < 1.29 is 5.11 Å². The molecule has 4 heteroatoms. The number of nitrogens with two attached hydrogens (primary N) is 1. The molecular weight excluding hydrogens is 242 g/mol. The summed E-state index contributed by atoms with van der Waals surface area (Å²) in [5.74, 6) is 0. The van der Waals surface area contributed by atoms with E-state index >= 15 is 0 Å². The highest BCUT2D eigenvalue weighted by molar-refractivity contribution is 8.00. The quantitative estimate of drug-likeness (QED) is 0.875. The highest BCUT2D eigenvalue weighted by Gasteiger charge is 2.35. The highest BCUT2D eigenvalue weighted by atomic mass is 35.5. The molecule has 1 saturated carbocycles. The van der Waals surface area contributed by atoms with Crippen LogP contribution in [-0.4, -0.2) is 22.5 Å². The van der Waals surface area contributed by atoms with Crippen LogP contribution in [-0.2, 0) is 0 Å². The summed E-state index contributed by atoms with van der Waals surface area (Å²) in [6, 6.07) is 7.87. The number of benzene rings is 1. The van der Waals surface area contributed by atoms with Gasteiger partial charge in [-0.2, -0.15) is 0 Å². The Bertz CT molecular complexity index is 374. The van der Waals surface area contributed by atoms with Gasteiger partial charge in [-0.3, -0.25) is 0 Å². The van der Waals surface area contributed by atoms with E-state index in [2.05, 4.69) is 6.07 Å². The number of aliphatic hydroxyl groups excluding tert-OH is 1. The minimum atomic E-state index is -0.365. The fourth-order valence-corrected chi connectivity index (χ4v) is 3.73. The Hall–Kier alpha value is -0.220. The molecule has 0 heterocycles. The van der Waals surface area contributed by atoms with Crippen molar-refractivity contribution in [2.75, 3.05) is 6.61 Å². The molecule has 0 aromatic heterocycles. The molecule has 2 rings (SSSR count). The van der Waals surface area contributed by atoms with Crippen molar-refractivity contribution in [1.29, 1.82) is 0 Å². The Balaban J connectivity index is 1.97. The van der Waals surface area contributed by atoms with Crippen LogP contribution in [0.1, 0.15) is 19.3 Å². The predicted molar refractivity (Wildman–Crippen MR) is 69.0 cm³/mol. The first kappa shape index (κ1) is 12.2. The Labute approximate surface area is 105 Å². The third kappa shape index (κ3) is 2.92. The molecule has 16 heavy (non-hydrogen) atoms. The third-order valence-electron chi connectivity index (χ3n) is 3.01. The molecule has 3 N–H and O–H groups in total. The summed E-state index contributed by atoms with van der Waals surface area (Å²) in [5.41, 5.74) is 5.68. The molecule has 1 fully saturated rings. The van der Waals surface area contributed by atoms with Crippen LogP contribution >= 0.6 is 23.4 Å². The second-order valence-corrected chi connectivity index (χ2v) is 6.27. The summed E-state index contributed by atoms with van der Waals surface area (Å²) >= 11 is 7.74. The zero-order valence-corrected chi connectivity index (χ0v) is 10.6. The van der Waals surface area contributed by atoms with Crippen molar-refractivity contribution >= 4 is 23.4 Å². The fraction of sp³-hybridized carbons (Fsp3) is 0.500. The molecule has 1 aliphatic rings. The van der Waals surface area contributed by atoms with E-state index < -0.39 is 0 Å². The van der Waals surface area contributed by atoms with E-state index in [9.17, 15) is 5.11 Å². The van der Waals surface area contributed by atoms with Gasteiger partial charge in [0.25, 0.3) is 0 Å². The molecule has 2 atom stereocenters. The molecule has 2 unspecified atom stereocenters. The monoisotopic (exact) mass is 257 g/mol. The molecule has 0 spiro atoms. The first-order valence-electron chi connectivity index (χ1n) is 5.43. The van der Waals surface area contributed by atoms with Gasteiger partial charge < -0.3 is 10.8 Å². The SMILES string of the molecule is NC1(CO)CCC(Sc2cccc(Cl)c2)C1. The van der Waals surface area contributed by atoms with Gasteiger partial charge in [-0.05, 0) is 37.5 Å². The van der Waals surface area contributed by atoms with Gasteiger partial charge in [0.1, 0.15) is 0 Å². The van der Waals surface area contributed by atoms with Crippen molar-refractivity contribution in [3.63, 3.8) is 0 Å². The molecule has 1 aromatic carbocycles. The summed E-state index contributed by atoms with van der Waals surface area (Å²) in [6.45, 7) is 0.0829. The number of rotatable bonds is 3. The van der Waals surface area contributed by atoms with E-state index in [1.54, 1.807) is 0 Å². The molecule has 1 aliphatic carbocycles. The molecular formula is C12H16ClNOS. The van der Waals surface area contributed by atoms with Crippen molar-refractivity contribution in [2.24, 2.45) is 5.73 Å². The number of thioether (sulfide) groups is 1. The van der Waals surface area contributed by atoms with E-state index in [1.807, 2.05) is 30.0 Å². The van der Waals surface area contributed by atoms with Crippen molar-refractivity contribution in [3.05, 3.63) is 29.3 Å². The highest BCUT2D eigenvalue weighted by Crippen LogP contribution is 2.39. The number of aliphatic hydroxyl groups is 1. The maximum atomic E-state index is 9.20. The van der Waals surface area contributed by atoms with E-state index in [4.69, 9.17) is 17.3 Å². The summed E-state index contributed by atoms with van der Waals surface area (Å²) in [6.07, 6.45) is 2.84. The van der Waals surface area contributed by atoms with Gasteiger partial charge in [0.2, 0.25) is 0 Å². The minimum absolute atomic E-state index is 0.0829. The second-order valence-electron chi connectivity index (χ2n) is 4.46. The maximum absolute atomic E-state index is 9.20. The maximum Gasteiger partial charge on any atom is 0.0611 e. The van der Waals surface area contributed by atoms with Gasteiger partial charge in [-0.15, -0.1) is 11.8 Å². The summed E-state index contributed by atoms with van der Waals surface area (Å²) in [7, 11) is 0. The van der Waals surface area contributed by atoms with Crippen LogP contribution in [0.2, 0.25) is 5.02 Å². The summed E-state index contributed by atoms with van der Waals surface area (Å²) < 4.78 is 0. The average Bonchev–Trinajstić information content (AvgIpc) is 2.61. The van der Waals surface area contributed by atoms with Gasteiger partial charge >= 0.3 is 0 Å². The van der Waals surface area contributed by atoms with Gasteiger partial charge in [-0.1, -0.05) is 17.7 Å². The Morgan fingerprint density at radius 3 is 3.00 bits per heavy atom. The van der Waals surface area contributed by atoms with Crippen LogP contribution in [0.25, 0.3) is 0 Å². The Kier molecular flexibility index (Phi) is 3.80. The van der Waals surface area contributed by atoms with Crippen molar-refractivity contribution in [3.8, 4) is 0 Å². The molecule has 0 amide bonds. The third-order valence-corrected chi connectivity index (χ3v) is 4.51. The summed E-state index contributed by atoms with van der Waals surface area (Å²) in [5, 5.41) is 10.5. The first-order valence-corrected chi connectivity index (χ1v) is 6.69. The van der Waals surface area contributed by atoms with Gasteiger partial charge in [0.15, 0.2) is 0 Å². The van der Waals surface area contributed by atoms with Crippen LogP contribution in [0, 0.1) is 0 Å². The van der Waals surface area contributed by atoms with E-state index in [1.165, 1.54) is 4.90 Å². The van der Waals surface area contributed by atoms with Crippen LogP contribution in [0.4, 0.5) is 0 Å². The van der Waals surface area contributed by atoms with Crippen molar-refractivity contribution in [1.82, 2.24) is 0 Å². The lowest BCUT2D eigenvalue weighted by molar-refractivity contribution is 0.200. The number of halogens is 1. The second kappa shape index (κ2) is 4.96. The van der Waals surface area contributed by atoms with Gasteiger partial charge in [-0.25, -0.2) is 0 Å². The normalized spacial score (nSPS) is 29.6. The topological polar surface area (TPSA) is 46.2 Å². The fourth-order valence-electron chi connectivity index (χ4n) is 2.08. The standard InChI is InChI=1S/C12H16ClNOS/c13-9-2-1-3-10(6-9)16-11-4-5-12(14,7-11)8-15/h1-3,6,11,15H,4-5,7-8,14H2. The molecule has 88 valence electrons. The van der Waals surface area contributed by atoms with Crippen LogP contribution < -0.4 is 5.73 Å². The Morgan fingerprint density at radius 1 is 1.56 bits per heavy atom. The predicted octanol–water partition coefficient (Wildman–Crippen LogP) is 2.67. The summed E-state index contributed by atoms with van der Waals surface area (Å²) in [4.78, 5) is 1.18. The Morgan fingerprint density at radius 2 is 2.38 bits per heavy atom. The van der Waals surface area contributed by atoms with Gasteiger partial charge in [0.05, 0.1) is 6.61 Å². The minimum Gasteiger partial charge on any atom is -0.394 e. The van der Waals surface area contributed by atoms with E-state index in [0.717, 1.165) is 24.3 Å². The lowest BCUT2D eigenvalue weighted by atomic mass is 10.0. The first-order chi connectivity index (χ1) is 7.61. The average molecular weight is 258 g/mol. The van der Waals surface area contributed by atoms with E-state index in [0.29, 0.717) is 5.25 Å². The molecule has 0 radical (unpaired) electrons. The van der Waals surface area contributed by atoms with Crippen molar-refractivity contribution in [2.45, 2.75) is 34.9 Å². The van der Waals surface area contributed by atoms with E-state index in [-0.39, 0.29) is 12.1 Å².